The van der Waals surface area contributed by atoms with Crippen molar-refractivity contribution in [3.8, 4) is 17.2 Å². The maximum atomic E-state index is 14.0. The molecule has 0 amide bonds. The molecule has 58 heavy (non-hydrogen) atoms. The third-order valence-corrected chi connectivity index (χ3v) is 12.6. The van der Waals surface area contributed by atoms with Crippen LogP contribution < -0.4 is 0 Å². The van der Waals surface area contributed by atoms with E-state index in [0.29, 0.717) is 6.42 Å². The summed E-state index contributed by atoms with van der Waals surface area (Å²) in [6, 6.07) is 3.08. The van der Waals surface area contributed by atoms with Crippen molar-refractivity contribution in [3.05, 3.63) is 51.6 Å². The van der Waals surface area contributed by atoms with E-state index >= 15 is 0 Å². The number of Topliss-reactive ketones (excluding diaryl/α,β-unsaturated/α-hetero) is 1. The number of methoxy groups -OCH3 is 1. The fourth-order valence-electron chi connectivity index (χ4n) is 9.46. The maximum absolute atomic E-state index is 14.0. The molecule has 13 atom stereocenters. The van der Waals surface area contributed by atoms with E-state index in [4.69, 9.17) is 37.9 Å². The van der Waals surface area contributed by atoms with E-state index in [9.17, 15) is 39.6 Å². The molecule has 0 aromatic heterocycles. The van der Waals surface area contributed by atoms with Crippen LogP contribution in [0.3, 0.4) is 0 Å². The molecule has 4 saturated heterocycles. The summed E-state index contributed by atoms with van der Waals surface area (Å²) in [5, 5.41) is 45.3. The lowest BCUT2D eigenvalue weighted by Gasteiger charge is -2.49. The summed E-state index contributed by atoms with van der Waals surface area (Å²) in [6.45, 7) is 5.38. The summed E-state index contributed by atoms with van der Waals surface area (Å²) in [6.07, 6.45) is -5.89. The van der Waals surface area contributed by atoms with Gasteiger partial charge in [0.15, 0.2) is 30.4 Å². The number of likely N-dealkylation sites (N-methyl/N-ethyl adjacent to an activating group) is 1. The Balaban J connectivity index is 1.06. The van der Waals surface area contributed by atoms with Crippen LogP contribution >= 0.6 is 0 Å². The van der Waals surface area contributed by atoms with Gasteiger partial charge in [0.1, 0.15) is 47.6 Å². The van der Waals surface area contributed by atoms with Gasteiger partial charge in [0.2, 0.25) is 5.78 Å². The van der Waals surface area contributed by atoms with Crippen LogP contribution in [0, 0.1) is 0 Å². The molecular formula is C41H49NO16. The zero-order valence-electron chi connectivity index (χ0n) is 33.0. The zero-order valence-corrected chi connectivity index (χ0v) is 33.0. The second kappa shape index (κ2) is 15.2. The van der Waals surface area contributed by atoms with Crippen molar-refractivity contribution in [2.75, 3.05) is 27.8 Å². The summed E-state index contributed by atoms with van der Waals surface area (Å²) >= 11 is 0. The van der Waals surface area contributed by atoms with Crippen LogP contribution in [0.2, 0.25) is 0 Å². The van der Waals surface area contributed by atoms with Gasteiger partial charge in [-0.05, 0) is 58.1 Å². The fraction of sp³-hybridized carbons (Fsp3) is 0.610. The number of aromatic hydroxyl groups is 3. The van der Waals surface area contributed by atoms with Crippen LogP contribution in [0.25, 0.3) is 0 Å². The number of hydrogen-bond donors (Lipinski definition) is 4. The molecule has 4 heterocycles. The molecule has 0 radical (unpaired) electrons. The molecule has 0 bridgehead atoms. The Kier molecular flexibility index (Phi) is 10.7. The Bertz CT molecular complexity index is 2020. The second-order valence-corrected chi connectivity index (χ2v) is 16.2. The lowest BCUT2D eigenvalue weighted by Crippen LogP contribution is -2.60. The van der Waals surface area contributed by atoms with E-state index in [2.05, 4.69) is 0 Å². The molecule has 17 heteroatoms. The minimum atomic E-state index is -1.80. The molecular weight excluding hydrogens is 762 g/mol. The smallest absolute Gasteiger partial charge is 0.316 e. The first-order chi connectivity index (χ1) is 27.5. The van der Waals surface area contributed by atoms with Crippen molar-refractivity contribution in [1.82, 2.24) is 4.90 Å². The van der Waals surface area contributed by atoms with E-state index < -0.39 is 118 Å². The number of carbonyl (C=O) groups excluding carboxylic acids is 4. The average Bonchev–Trinajstić information content (AvgIpc) is 3.17. The Labute approximate surface area is 334 Å². The molecule has 17 nitrogen and oxygen atoms in total. The number of phenols is 3. The van der Waals surface area contributed by atoms with Crippen molar-refractivity contribution in [3.63, 3.8) is 0 Å². The van der Waals surface area contributed by atoms with Gasteiger partial charge in [-0.3, -0.25) is 19.2 Å². The van der Waals surface area contributed by atoms with Gasteiger partial charge < -0.3 is 63.2 Å². The Hall–Kier alpha value is -4.04. The minimum Gasteiger partial charge on any atom is -0.507 e. The predicted molar refractivity (Wildman–Crippen MR) is 196 cm³/mol. The normalized spacial score (nSPS) is 37.0. The van der Waals surface area contributed by atoms with Crippen molar-refractivity contribution >= 4 is 23.3 Å². The quantitative estimate of drug-likeness (QED) is 0.199. The summed E-state index contributed by atoms with van der Waals surface area (Å²) in [4.78, 5) is 55.6. The number of aliphatic hydroxyl groups is 1. The highest BCUT2D eigenvalue weighted by Crippen LogP contribution is 2.54. The molecule has 2 aliphatic carbocycles. The number of ether oxygens (including phenoxy) is 8. The molecule has 314 valence electrons. The lowest BCUT2D eigenvalue weighted by molar-refractivity contribution is -0.358. The van der Waals surface area contributed by atoms with E-state index in [1.165, 1.54) is 6.07 Å². The van der Waals surface area contributed by atoms with Gasteiger partial charge in [-0.25, -0.2) is 0 Å². The molecule has 0 spiro atoms. The van der Waals surface area contributed by atoms with E-state index in [-0.39, 0.29) is 66.9 Å². The van der Waals surface area contributed by atoms with Gasteiger partial charge in [0, 0.05) is 42.9 Å². The molecule has 8 rings (SSSR count). The lowest BCUT2D eigenvalue weighted by atomic mass is 9.67. The summed E-state index contributed by atoms with van der Waals surface area (Å²) in [5.41, 5.74) is -3.50. The van der Waals surface area contributed by atoms with Gasteiger partial charge in [-0.1, -0.05) is 6.92 Å². The highest BCUT2D eigenvalue weighted by molar-refractivity contribution is 6.31. The zero-order chi connectivity index (χ0) is 41.5. The first-order valence-corrected chi connectivity index (χ1v) is 19.6. The highest BCUT2D eigenvalue weighted by Gasteiger charge is 2.54. The topological polar surface area (TPSA) is 226 Å². The van der Waals surface area contributed by atoms with Crippen LogP contribution in [0.1, 0.15) is 108 Å². The van der Waals surface area contributed by atoms with E-state index in [1.54, 1.807) is 13.8 Å². The first-order valence-electron chi connectivity index (χ1n) is 19.6. The highest BCUT2D eigenvalue weighted by atomic mass is 16.8. The monoisotopic (exact) mass is 811 g/mol. The maximum Gasteiger partial charge on any atom is 0.316 e. The SMILES string of the molecule is CCC1(O)CC(O[C@@H]2C[C@H](N(C)C)[C@@H](O[C@H]3CC4OC5CC(=O)[C@@H](C)O[C@@H]5O[C@H]4CO3)[C@@H](C)O2)c2c(cc3c(c2O)C(=O)c2c(O)ccc(O)c2C3=O)C1C(=O)OC. The Morgan fingerprint density at radius 1 is 0.897 bits per heavy atom. The second-order valence-electron chi connectivity index (χ2n) is 16.2. The summed E-state index contributed by atoms with van der Waals surface area (Å²) < 4.78 is 48.9. The van der Waals surface area contributed by atoms with Crippen molar-refractivity contribution < 1.29 is 77.5 Å². The third kappa shape index (κ3) is 6.70. The molecule has 5 unspecified atom stereocenters. The molecule has 2 aromatic carbocycles. The fourth-order valence-corrected chi connectivity index (χ4v) is 9.46. The van der Waals surface area contributed by atoms with Crippen LogP contribution in [0.15, 0.2) is 18.2 Å². The molecule has 4 N–H and O–H groups in total. The first kappa shape index (κ1) is 40.7. The van der Waals surface area contributed by atoms with Crippen LogP contribution in [-0.4, -0.2) is 144 Å². The number of esters is 1. The van der Waals surface area contributed by atoms with Crippen LogP contribution in [0.4, 0.5) is 0 Å². The standard InChI is InChI=1S/C41H49NO16/c1-7-41(50)14-26(30-18(34(41)39(49)51-6)10-19-31(36(30)47)37(48)33-22(44)9-8-21(43)32(33)35(19)46)56-29-11-20(42(4)5)38(17(3)53-29)58-28-13-24-27(15-52-28)57-40-25(55-24)12-23(45)16(2)54-40/h8-10,16-17,20,24-29,34,38,40,43-44,47,50H,7,11-15H2,1-6H3/t16-,17-,20+,24?,25?,26?,27+,28+,29-,34?,38+,40-,41?/m1/s1. The van der Waals surface area contributed by atoms with Crippen molar-refractivity contribution in [1.29, 1.82) is 0 Å². The largest absolute Gasteiger partial charge is 0.507 e. The van der Waals surface area contributed by atoms with Gasteiger partial charge in [-0.15, -0.1) is 0 Å². The number of ketones is 3. The number of benzene rings is 2. The van der Waals surface area contributed by atoms with Crippen molar-refractivity contribution in [2.24, 2.45) is 0 Å². The van der Waals surface area contributed by atoms with Gasteiger partial charge in [0.25, 0.3) is 0 Å². The number of hydrogen-bond acceptors (Lipinski definition) is 17. The third-order valence-electron chi connectivity index (χ3n) is 12.6. The summed E-state index contributed by atoms with van der Waals surface area (Å²) in [5.74, 6) is -5.87. The molecule has 0 saturated carbocycles. The number of fused-ring (bicyclic) bond motifs is 5. The number of nitrogens with zero attached hydrogens (tertiary/aromatic N) is 1. The number of carbonyl (C=O) groups is 4. The Morgan fingerprint density at radius 3 is 2.28 bits per heavy atom. The van der Waals surface area contributed by atoms with E-state index in [1.807, 2.05) is 25.9 Å². The number of rotatable bonds is 7. The van der Waals surface area contributed by atoms with Crippen LogP contribution in [-0.2, 0) is 47.5 Å². The molecule has 4 fully saturated rings. The van der Waals surface area contributed by atoms with Gasteiger partial charge in [-0.2, -0.15) is 0 Å². The minimum absolute atomic E-state index is 0.00817. The van der Waals surface area contributed by atoms with Crippen LogP contribution in [0.5, 0.6) is 17.2 Å². The molecule has 4 aliphatic heterocycles. The molecule has 6 aliphatic rings. The average molecular weight is 812 g/mol. The van der Waals surface area contributed by atoms with Crippen molar-refractivity contribution in [2.45, 2.75) is 132 Å². The molecule has 2 aromatic rings. The van der Waals surface area contributed by atoms with Gasteiger partial charge in [0.05, 0.1) is 54.3 Å². The summed E-state index contributed by atoms with van der Waals surface area (Å²) in [7, 11) is 4.91. The predicted octanol–water partition coefficient (Wildman–Crippen LogP) is 2.49. The van der Waals surface area contributed by atoms with E-state index in [0.717, 1.165) is 19.2 Å². The Morgan fingerprint density at radius 2 is 1.60 bits per heavy atom. The van der Waals surface area contributed by atoms with Gasteiger partial charge >= 0.3 is 5.97 Å². The number of phenolic OH excluding ortho intramolecular Hbond substituents is 3.